The molecule has 1 aliphatic heterocycles. The minimum Gasteiger partial charge on any atom is -0.497 e. The van der Waals surface area contributed by atoms with Crippen molar-refractivity contribution in [3.05, 3.63) is 59.7 Å². The second-order valence-corrected chi connectivity index (χ2v) is 6.38. The van der Waals surface area contributed by atoms with Crippen LogP contribution in [0.15, 0.2) is 48.5 Å². The van der Waals surface area contributed by atoms with Crippen molar-refractivity contribution >= 4 is 11.6 Å². The fourth-order valence-electron chi connectivity index (χ4n) is 3.18. The second-order valence-electron chi connectivity index (χ2n) is 6.38. The van der Waals surface area contributed by atoms with Gasteiger partial charge in [-0.05, 0) is 36.2 Å². The van der Waals surface area contributed by atoms with Crippen LogP contribution in [0.3, 0.4) is 0 Å². The number of nitriles is 1. The maximum Gasteiger partial charge on any atom is 0.223 e. The highest BCUT2D eigenvalue weighted by atomic mass is 16.5. The number of hydrogen-bond donors (Lipinski definition) is 0. The van der Waals surface area contributed by atoms with Crippen LogP contribution in [0.4, 0.5) is 5.69 Å². The quantitative estimate of drug-likeness (QED) is 0.833. The van der Waals surface area contributed by atoms with Gasteiger partial charge in [-0.25, -0.2) is 0 Å². The number of ether oxygens (including phenoxy) is 1. The molecule has 1 heterocycles. The van der Waals surface area contributed by atoms with Gasteiger partial charge < -0.3 is 14.5 Å². The standard InChI is InChI=1S/C21H23N3O2/c1-26-20-4-2-3-19(15-20)23-11-13-24(14-12-23)21(25)10-9-17-5-7-18(16-22)8-6-17/h2-8,15H,9-14H2,1H3. The molecule has 0 aromatic heterocycles. The highest BCUT2D eigenvalue weighted by Crippen LogP contribution is 2.22. The third kappa shape index (κ3) is 4.34. The molecule has 1 saturated heterocycles. The van der Waals surface area contributed by atoms with Crippen LogP contribution in [0.1, 0.15) is 17.5 Å². The summed E-state index contributed by atoms with van der Waals surface area (Å²) in [7, 11) is 1.67. The Kier molecular flexibility index (Phi) is 5.75. The summed E-state index contributed by atoms with van der Waals surface area (Å²) in [6.07, 6.45) is 1.21. The lowest BCUT2D eigenvalue weighted by Gasteiger charge is -2.36. The van der Waals surface area contributed by atoms with E-state index in [4.69, 9.17) is 10.00 Å². The lowest BCUT2D eigenvalue weighted by molar-refractivity contribution is -0.131. The number of piperazine rings is 1. The van der Waals surface area contributed by atoms with E-state index in [9.17, 15) is 4.79 Å². The van der Waals surface area contributed by atoms with Gasteiger partial charge in [0.1, 0.15) is 5.75 Å². The lowest BCUT2D eigenvalue weighted by Crippen LogP contribution is -2.48. The molecule has 1 amide bonds. The molecule has 0 spiro atoms. The van der Waals surface area contributed by atoms with Crippen molar-refractivity contribution in [1.29, 1.82) is 5.26 Å². The third-order valence-corrected chi connectivity index (χ3v) is 4.76. The van der Waals surface area contributed by atoms with Crippen molar-refractivity contribution in [2.24, 2.45) is 0 Å². The van der Waals surface area contributed by atoms with Gasteiger partial charge in [0.2, 0.25) is 5.91 Å². The van der Waals surface area contributed by atoms with E-state index >= 15 is 0 Å². The van der Waals surface area contributed by atoms with E-state index in [0.717, 1.165) is 43.2 Å². The Morgan fingerprint density at radius 3 is 2.50 bits per heavy atom. The van der Waals surface area contributed by atoms with Crippen molar-refractivity contribution in [2.75, 3.05) is 38.2 Å². The molecular formula is C21H23N3O2. The zero-order valence-corrected chi connectivity index (χ0v) is 15.0. The van der Waals surface area contributed by atoms with Gasteiger partial charge in [-0.15, -0.1) is 0 Å². The highest BCUT2D eigenvalue weighted by molar-refractivity contribution is 5.76. The van der Waals surface area contributed by atoms with Crippen molar-refractivity contribution in [2.45, 2.75) is 12.8 Å². The number of anilines is 1. The van der Waals surface area contributed by atoms with Crippen molar-refractivity contribution in [3.63, 3.8) is 0 Å². The van der Waals surface area contributed by atoms with Gasteiger partial charge in [0, 0.05) is 44.4 Å². The number of hydrogen-bond acceptors (Lipinski definition) is 4. The molecule has 0 aliphatic carbocycles. The maximum atomic E-state index is 12.5. The summed E-state index contributed by atoms with van der Waals surface area (Å²) in [5.74, 6) is 1.04. The molecule has 2 aromatic rings. The van der Waals surface area contributed by atoms with Crippen molar-refractivity contribution in [1.82, 2.24) is 4.90 Å². The van der Waals surface area contributed by atoms with Crippen molar-refractivity contribution in [3.8, 4) is 11.8 Å². The zero-order valence-electron chi connectivity index (χ0n) is 15.0. The fraction of sp³-hybridized carbons (Fsp3) is 0.333. The second kappa shape index (κ2) is 8.39. The number of carbonyl (C=O) groups excluding carboxylic acids is 1. The van der Waals surface area contributed by atoms with E-state index in [2.05, 4.69) is 17.0 Å². The van der Waals surface area contributed by atoms with Crippen LogP contribution in [0, 0.1) is 11.3 Å². The Morgan fingerprint density at radius 1 is 1.12 bits per heavy atom. The molecule has 0 bridgehead atoms. The van der Waals surface area contributed by atoms with Crippen LogP contribution < -0.4 is 9.64 Å². The molecule has 3 rings (SSSR count). The van der Waals surface area contributed by atoms with Gasteiger partial charge in [0.15, 0.2) is 0 Å². The molecule has 2 aromatic carbocycles. The van der Waals surface area contributed by atoms with E-state index in [0.29, 0.717) is 18.4 Å². The van der Waals surface area contributed by atoms with Crippen LogP contribution in [-0.2, 0) is 11.2 Å². The number of amides is 1. The first-order valence-corrected chi connectivity index (χ1v) is 8.85. The highest BCUT2D eigenvalue weighted by Gasteiger charge is 2.21. The van der Waals surface area contributed by atoms with E-state index in [1.54, 1.807) is 19.2 Å². The van der Waals surface area contributed by atoms with Crippen LogP contribution in [0.5, 0.6) is 5.75 Å². The van der Waals surface area contributed by atoms with Crippen molar-refractivity contribution < 1.29 is 9.53 Å². The number of nitrogens with zero attached hydrogens (tertiary/aromatic N) is 3. The molecule has 1 fully saturated rings. The summed E-state index contributed by atoms with van der Waals surface area (Å²) >= 11 is 0. The van der Waals surface area contributed by atoms with Gasteiger partial charge in [0.25, 0.3) is 0 Å². The molecule has 26 heavy (non-hydrogen) atoms. The van der Waals surface area contributed by atoms with Crippen LogP contribution in [-0.4, -0.2) is 44.1 Å². The monoisotopic (exact) mass is 349 g/mol. The van der Waals surface area contributed by atoms with E-state index < -0.39 is 0 Å². The molecular weight excluding hydrogens is 326 g/mol. The van der Waals surface area contributed by atoms with Crippen LogP contribution >= 0.6 is 0 Å². The molecule has 0 saturated carbocycles. The first-order valence-electron chi connectivity index (χ1n) is 8.85. The average molecular weight is 349 g/mol. The van der Waals surface area contributed by atoms with E-state index in [1.807, 2.05) is 35.2 Å². The SMILES string of the molecule is COc1cccc(N2CCN(C(=O)CCc3ccc(C#N)cc3)CC2)c1. The minimum atomic E-state index is 0.194. The Balaban J connectivity index is 1.49. The number of aryl methyl sites for hydroxylation is 1. The summed E-state index contributed by atoms with van der Waals surface area (Å²) in [4.78, 5) is 16.7. The normalized spacial score (nSPS) is 14.0. The summed E-state index contributed by atoms with van der Waals surface area (Å²) in [6, 6.07) is 17.6. The molecule has 134 valence electrons. The number of rotatable bonds is 5. The topological polar surface area (TPSA) is 56.6 Å². The molecule has 0 radical (unpaired) electrons. The van der Waals surface area contributed by atoms with Gasteiger partial charge in [0.05, 0.1) is 18.7 Å². The van der Waals surface area contributed by atoms with Gasteiger partial charge in [-0.1, -0.05) is 18.2 Å². The summed E-state index contributed by atoms with van der Waals surface area (Å²) in [5.41, 5.74) is 2.87. The van der Waals surface area contributed by atoms with Crippen LogP contribution in [0.2, 0.25) is 0 Å². The lowest BCUT2D eigenvalue weighted by atomic mass is 10.1. The van der Waals surface area contributed by atoms with Gasteiger partial charge >= 0.3 is 0 Å². The first-order chi connectivity index (χ1) is 12.7. The van der Waals surface area contributed by atoms with Gasteiger partial charge in [-0.2, -0.15) is 5.26 Å². The molecule has 1 aliphatic rings. The maximum absolute atomic E-state index is 12.5. The summed E-state index contributed by atoms with van der Waals surface area (Å²) in [5, 5.41) is 8.83. The Bertz CT molecular complexity index is 788. The Labute approximate surface area is 154 Å². The van der Waals surface area contributed by atoms with Crippen LogP contribution in [0.25, 0.3) is 0 Å². The third-order valence-electron chi connectivity index (χ3n) is 4.76. The molecule has 5 nitrogen and oxygen atoms in total. The average Bonchev–Trinajstić information content (AvgIpc) is 2.72. The Morgan fingerprint density at radius 2 is 1.85 bits per heavy atom. The molecule has 0 atom stereocenters. The summed E-state index contributed by atoms with van der Waals surface area (Å²) in [6.45, 7) is 3.14. The molecule has 0 unspecified atom stereocenters. The van der Waals surface area contributed by atoms with E-state index in [1.165, 1.54) is 0 Å². The first kappa shape index (κ1) is 17.8. The predicted octanol–water partition coefficient (Wildman–Crippen LogP) is 2.85. The number of benzene rings is 2. The number of carbonyl (C=O) groups is 1. The largest absolute Gasteiger partial charge is 0.497 e. The van der Waals surface area contributed by atoms with Gasteiger partial charge in [-0.3, -0.25) is 4.79 Å². The molecule has 5 heteroatoms. The minimum absolute atomic E-state index is 0.194. The van der Waals surface area contributed by atoms with E-state index in [-0.39, 0.29) is 5.91 Å². The summed E-state index contributed by atoms with van der Waals surface area (Å²) < 4.78 is 5.28. The zero-order chi connectivity index (χ0) is 18.4. The molecule has 0 N–H and O–H groups in total. The smallest absolute Gasteiger partial charge is 0.223 e. The number of methoxy groups -OCH3 is 1. The Hall–Kier alpha value is -3.00. The fourth-order valence-corrected chi connectivity index (χ4v) is 3.18. The predicted molar refractivity (Wildman–Crippen MR) is 101 cm³/mol.